The van der Waals surface area contributed by atoms with Crippen LogP contribution in [-0.2, 0) is 14.3 Å². The van der Waals surface area contributed by atoms with Gasteiger partial charge in [0.15, 0.2) is 6.10 Å². The van der Waals surface area contributed by atoms with Crippen molar-refractivity contribution in [1.82, 2.24) is 9.88 Å². The highest BCUT2D eigenvalue weighted by molar-refractivity contribution is 6.43. The number of halogens is 2. The van der Waals surface area contributed by atoms with E-state index in [1.165, 1.54) is 13.0 Å². The number of nitrogens with two attached hydrogens (primary N) is 1. The molecule has 156 valence electrons. The summed E-state index contributed by atoms with van der Waals surface area (Å²) in [6, 6.07) is 7.66. The quantitative estimate of drug-likeness (QED) is 0.411. The smallest absolute Gasteiger partial charge is 0.349 e. The second-order valence-corrected chi connectivity index (χ2v) is 7.09. The summed E-state index contributed by atoms with van der Waals surface area (Å²) in [5, 5.41) is 11.9. The SMILES string of the molecule is Cc1cc(C=C(C#N)C(=O)OC(C)C(=O)NC(N)=O)c(C)n1-c1cccc(Cl)c1Cl. The zero-order chi connectivity index (χ0) is 22.6. The maximum absolute atomic E-state index is 12.3. The minimum atomic E-state index is -1.32. The fourth-order valence-electron chi connectivity index (χ4n) is 2.76. The Bertz CT molecular complexity index is 1100. The number of hydrogen-bond donors (Lipinski definition) is 2. The monoisotopic (exact) mass is 448 g/mol. The summed E-state index contributed by atoms with van der Waals surface area (Å²) < 4.78 is 6.78. The summed E-state index contributed by atoms with van der Waals surface area (Å²) in [6.45, 7) is 4.87. The van der Waals surface area contributed by atoms with Crippen LogP contribution in [-0.4, -0.2) is 28.6 Å². The molecule has 0 saturated carbocycles. The summed E-state index contributed by atoms with van der Waals surface area (Å²) in [5.41, 5.74) is 7.25. The second kappa shape index (κ2) is 9.48. The number of ether oxygens (including phenoxy) is 1. The van der Waals surface area contributed by atoms with Gasteiger partial charge in [-0.2, -0.15) is 5.26 Å². The minimum Gasteiger partial charge on any atom is -0.448 e. The molecule has 1 atom stereocenters. The van der Waals surface area contributed by atoms with Crippen molar-refractivity contribution >= 4 is 47.2 Å². The van der Waals surface area contributed by atoms with Crippen LogP contribution in [0, 0.1) is 25.2 Å². The Balaban J connectivity index is 2.36. The highest BCUT2D eigenvalue weighted by Gasteiger charge is 2.22. The highest BCUT2D eigenvalue weighted by atomic mass is 35.5. The molecule has 0 spiro atoms. The van der Waals surface area contributed by atoms with Gasteiger partial charge in [0.1, 0.15) is 11.6 Å². The number of primary amides is 1. The van der Waals surface area contributed by atoms with Crippen LogP contribution >= 0.6 is 23.2 Å². The van der Waals surface area contributed by atoms with Crippen molar-refractivity contribution in [3.8, 4) is 11.8 Å². The lowest BCUT2D eigenvalue weighted by molar-refractivity contribution is -0.150. The van der Waals surface area contributed by atoms with E-state index < -0.39 is 24.0 Å². The van der Waals surface area contributed by atoms with Crippen molar-refractivity contribution in [3.63, 3.8) is 0 Å². The molecule has 1 unspecified atom stereocenters. The van der Waals surface area contributed by atoms with Gasteiger partial charge in [-0.3, -0.25) is 10.1 Å². The molecule has 2 rings (SSSR count). The van der Waals surface area contributed by atoms with Crippen LogP contribution in [0.5, 0.6) is 0 Å². The number of hydrogen-bond acceptors (Lipinski definition) is 5. The fourth-order valence-corrected chi connectivity index (χ4v) is 3.14. The first kappa shape index (κ1) is 23.0. The minimum absolute atomic E-state index is 0.328. The molecule has 2 aromatic rings. The van der Waals surface area contributed by atoms with Crippen LogP contribution in [0.15, 0.2) is 29.8 Å². The number of benzene rings is 1. The maximum atomic E-state index is 12.3. The Labute approximate surface area is 182 Å². The molecule has 8 nitrogen and oxygen atoms in total. The number of rotatable bonds is 5. The number of amides is 3. The van der Waals surface area contributed by atoms with Crippen molar-refractivity contribution in [2.75, 3.05) is 0 Å². The third-order valence-electron chi connectivity index (χ3n) is 4.18. The maximum Gasteiger partial charge on any atom is 0.349 e. The van der Waals surface area contributed by atoms with Crippen LogP contribution in [0.3, 0.4) is 0 Å². The second-order valence-electron chi connectivity index (χ2n) is 6.31. The Morgan fingerprint density at radius 1 is 1.30 bits per heavy atom. The molecule has 0 saturated heterocycles. The Morgan fingerprint density at radius 2 is 1.97 bits per heavy atom. The number of carbonyl (C=O) groups excluding carboxylic acids is 3. The molecule has 0 aliphatic rings. The standard InChI is InChI=1S/C20H18Cl2N4O4/c1-10-7-13(11(2)26(10)16-6-4-5-15(21)17(16)22)8-14(9-23)19(28)30-12(3)18(27)25-20(24)29/h4-8,12H,1-3H3,(H3,24,25,27,29). The first-order valence-corrected chi connectivity index (χ1v) is 9.38. The van der Waals surface area contributed by atoms with Gasteiger partial charge >= 0.3 is 12.0 Å². The number of aromatic nitrogens is 1. The number of nitrogens with zero attached hydrogens (tertiary/aromatic N) is 2. The number of carbonyl (C=O) groups is 3. The summed E-state index contributed by atoms with van der Waals surface area (Å²) >= 11 is 12.4. The number of aryl methyl sites for hydroxylation is 1. The number of nitrogens with one attached hydrogen (secondary N) is 1. The molecule has 1 heterocycles. The Kier molecular flexibility index (Phi) is 7.27. The van der Waals surface area contributed by atoms with Gasteiger partial charge in [-0.1, -0.05) is 29.3 Å². The van der Waals surface area contributed by atoms with Crippen molar-refractivity contribution in [2.45, 2.75) is 26.9 Å². The van der Waals surface area contributed by atoms with E-state index >= 15 is 0 Å². The molecule has 0 radical (unpaired) electrons. The Morgan fingerprint density at radius 3 is 2.57 bits per heavy atom. The fraction of sp³-hybridized carbons (Fsp3) is 0.200. The largest absolute Gasteiger partial charge is 0.448 e. The predicted molar refractivity (Wildman–Crippen MR) is 112 cm³/mol. The van der Waals surface area contributed by atoms with Gasteiger partial charge in [0.25, 0.3) is 5.91 Å². The van der Waals surface area contributed by atoms with Crippen molar-refractivity contribution in [2.24, 2.45) is 5.73 Å². The van der Waals surface area contributed by atoms with E-state index in [9.17, 15) is 19.6 Å². The highest BCUT2D eigenvalue weighted by Crippen LogP contribution is 2.32. The first-order chi connectivity index (χ1) is 14.1. The van der Waals surface area contributed by atoms with E-state index in [-0.39, 0.29) is 5.57 Å². The predicted octanol–water partition coefficient (Wildman–Crippen LogP) is 3.43. The molecule has 0 bridgehead atoms. The Hall–Kier alpha value is -3.28. The van der Waals surface area contributed by atoms with E-state index in [0.29, 0.717) is 27.0 Å². The summed E-state index contributed by atoms with van der Waals surface area (Å²) in [7, 11) is 0. The lowest BCUT2D eigenvalue weighted by Crippen LogP contribution is -2.42. The van der Waals surface area contributed by atoms with E-state index in [2.05, 4.69) is 0 Å². The van der Waals surface area contributed by atoms with Crippen LogP contribution in [0.2, 0.25) is 10.0 Å². The molecule has 3 N–H and O–H groups in total. The van der Waals surface area contributed by atoms with Crippen molar-refractivity contribution < 1.29 is 19.1 Å². The van der Waals surface area contributed by atoms with Gasteiger partial charge < -0.3 is 15.0 Å². The van der Waals surface area contributed by atoms with Gasteiger partial charge in [0.05, 0.1) is 15.7 Å². The van der Waals surface area contributed by atoms with Gasteiger partial charge in [-0.15, -0.1) is 0 Å². The number of esters is 1. The van der Waals surface area contributed by atoms with Gasteiger partial charge in [0.2, 0.25) is 0 Å². The summed E-state index contributed by atoms with van der Waals surface area (Å²) in [6.07, 6.45) is 0.0256. The molecule has 30 heavy (non-hydrogen) atoms. The van der Waals surface area contributed by atoms with E-state index in [0.717, 1.165) is 5.69 Å². The van der Waals surface area contributed by atoms with Gasteiger partial charge in [-0.05, 0) is 50.6 Å². The third-order valence-corrected chi connectivity index (χ3v) is 4.99. The van der Waals surface area contributed by atoms with Crippen LogP contribution < -0.4 is 11.1 Å². The molecule has 0 aliphatic heterocycles. The zero-order valence-electron chi connectivity index (χ0n) is 16.3. The molecular formula is C20H18Cl2N4O4. The molecule has 0 aliphatic carbocycles. The first-order valence-electron chi connectivity index (χ1n) is 8.63. The number of imide groups is 1. The normalized spacial score (nSPS) is 12.1. The molecule has 0 fully saturated rings. The average Bonchev–Trinajstić information content (AvgIpc) is 2.94. The lowest BCUT2D eigenvalue weighted by Gasteiger charge is -2.12. The number of urea groups is 1. The van der Waals surface area contributed by atoms with E-state index in [1.54, 1.807) is 42.6 Å². The summed E-state index contributed by atoms with van der Waals surface area (Å²) in [4.78, 5) is 34.7. The summed E-state index contributed by atoms with van der Waals surface area (Å²) in [5.74, 6) is -1.92. The zero-order valence-corrected chi connectivity index (χ0v) is 17.8. The molecule has 1 aromatic heterocycles. The average molecular weight is 449 g/mol. The van der Waals surface area contributed by atoms with Gasteiger partial charge in [-0.25, -0.2) is 9.59 Å². The van der Waals surface area contributed by atoms with Crippen LogP contribution in [0.4, 0.5) is 4.79 Å². The third kappa shape index (κ3) is 5.00. The van der Waals surface area contributed by atoms with Crippen molar-refractivity contribution in [3.05, 3.63) is 56.8 Å². The lowest BCUT2D eigenvalue weighted by atomic mass is 10.1. The molecule has 10 heteroatoms. The van der Waals surface area contributed by atoms with E-state index in [4.69, 9.17) is 33.7 Å². The van der Waals surface area contributed by atoms with Crippen LogP contribution in [0.1, 0.15) is 23.9 Å². The van der Waals surface area contributed by atoms with Crippen LogP contribution in [0.25, 0.3) is 11.8 Å². The van der Waals surface area contributed by atoms with Crippen molar-refractivity contribution in [1.29, 1.82) is 5.26 Å². The van der Waals surface area contributed by atoms with Gasteiger partial charge in [0, 0.05) is 11.4 Å². The number of nitriles is 1. The topological polar surface area (TPSA) is 127 Å². The molecular weight excluding hydrogens is 431 g/mol. The molecule has 1 aromatic carbocycles. The van der Waals surface area contributed by atoms with E-state index in [1.807, 2.05) is 11.5 Å². The molecule has 3 amide bonds.